The molecule has 2 aromatic rings. The fourth-order valence-corrected chi connectivity index (χ4v) is 2.58. The van der Waals surface area contributed by atoms with Gasteiger partial charge in [0.1, 0.15) is 5.01 Å². The Morgan fingerprint density at radius 1 is 1.29 bits per heavy atom. The number of thiazole rings is 1. The fraction of sp³-hybridized carbons (Fsp3) is 0.267. The highest BCUT2D eigenvalue weighted by Gasteiger charge is 2.09. The molecule has 6 heteroatoms. The van der Waals surface area contributed by atoms with E-state index in [0.29, 0.717) is 5.69 Å². The van der Waals surface area contributed by atoms with E-state index in [4.69, 9.17) is 5.11 Å². The van der Waals surface area contributed by atoms with Crippen molar-refractivity contribution in [3.05, 3.63) is 40.9 Å². The SMILES string of the molecule is Cc1ccc(-c2nc(CC(=O)NCCC(=O)O)cs2)cc1. The van der Waals surface area contributed by atoms with Crippen LogP contribution in [-0.2, 0) is 16.0 Å². The summed E-state index contributed by atoms with van der Waals surface area (Å²) in [7, 11) is 0. The zero-order valence-corrected chi connectivity index (χ0v) is 12.4. The van der Waals surface area contributed by atoms with Crippen molar-refractivity contribution in [3.63, 3.8) is 0 Å². The number of amides is 1. The van der Waals surface area contributed by atoms with Crippen LogP contribution >= 0.6 is 11.3 Å². The summed E-state index contributed by atoms with van der Waals surface area (Å²) in [6.45, 7) is 2.17. The number of carboxylic acids is 1. The number of carbonyl (C=O) groups is 2. The quantitative estimate of drug-likeness (QED) is 0.858. The summed E-state index contributed by atoms with van der Waals surface area (Å²) < 4.78 is 0. The second kappa shape index (κ2) is 6.99. The van der Waals surface area contributed by atoms with Crippen LogP contribution in [0.4, 0.5) is 0 Å². The Kier molecular flexibility index (Phi) is 5.05. The lowest BCUT2D eigenvalue weighted by Gasteiger charge is -2.01. The standard InChI is InChI=1S/C15H16N2O3S/c1-10-2-4-11(5-3-10)15-17-12(9-21-15)8-13(18)16-7-6-14(19)20/h2-5,9H,6-8H2,1H3,(H,16,18)(H,19,20). The van der Waals surface area contributed by atoms with Crippen LogP contribution in [0.2, 0.25) is 0 Å². The minimum atomic E-state index is -0.925. The first-order chi connectivity index (χ1) is 10.0. The molecule has 2 N–H and O–H groups in total. The summed E-state index contributed by atoms with van der Waals surface area (Å²) in [4.78, 5) is 26.4. The van der Waals surface area contributed by atoms with Crippen LogP contribution in [0.5, 0.6) is 0 Å². The topological polar surface area (TPSA) is 79.3 Å². The Morgan fingerprint density at radius 2 is 2.00 bits per heavy atom. The molecule has 0 fully saturated rings. The molecule has 1 aromatic carbocycles. The molecule has 0 atom stereocenters. The lowest BCUT2D eigenvalue weighted by atomic mass is 10.2. The van der Waals surface area contributed by atoms with Crippen LogP contribution in [0.25, 0.3) is 10.6 Å². The molecule has 0 bridgehead atoms. The van der Waals surface area contributed by atoms with Crippen LogP contribution in [0.3, 0.4) is 0 Å². The van der Waals surface area contributed by atoms with Crippen LogP contribution in [0, 0.1) is 6.92 Å². The monoisotopic (exact) mass is 304 g/mol. The summed E-state index contributed by atoms with van der Waals surface area (Å²) in [5.41, 5.74) is 2.92. The van der Waals surface area contributed by atoms with Crippen molar-refractivity contribution < 1.29 is 14.7 Å². The molecule has 2 rings (SSSR count). The van der Waals surface area contributed by atoms with Gasteiger partial charge in [0.2, 0.25) is 5.91 Å². The number of hydrogen-bond acceptors (Lipinski definition) is 4. The molecule has 0 aliphatic rings. The summed E-state index contributed by atoms with van der Waals surface area (Å²) >= 11 is 1.49. The molecule has 1 heterocycles. The molecule has 0 aliphatic heterocycles. The Balaban J connectivity index is 1.92. The smallest absolute Gasteiger partial charge is 0.305 e. The van der Waals surface area contributed by atoms with Crippen LogP contribution < -0.4 is 5.32 Å². The largest absolute Gasteiger partial charge is 0.481 e. The number of benzene rings is 1. The fourth-order valence-electron chi connectivity index (χ4n) is 1.75. The maximum absolute atomic E-state index is 11.6. The van der Waals surface area contributed by atoms with Gasteiger partial charge in [-0.15, -0.1) is 11.3 Å². The first-order valence-corrected chi connectivity index (χ1v) is 7.42. The van der Waals surface area contributed by atoms with E-state index in [1.807, 2.05) is 36.6 Å². The van der Waals surface area contributed by atoms with Gasteiger partial charge in [0.15, 0.2) is 0 Å². The molecule has 0 unspecified atom stereocenters. The average Bonchev–Trinajstić information content (AvgIpc) is 2.87. The molecule has 0 saturated carbocycles. The number of carbonyl (C=O) groups excluding carboxylic acids is 1. The molecule has 0 saturated heterocycles. The summed E-state index contributed by atoms with van der Waals surface area (Å²) in [6.07, 6.45) is 0.0966. The van der Waals surface area contributed by atoms with E-state index in [1.165, 1.54) is 16.9 Å². The molecule has 0 radical (unpaired) electrons. The molecule has 1 aromatic heterocycles. The second-order valence-corrected chi connectivity index (χ2v) is 5.54. The zero-order chi connectivity index (χ0) is 15.2. The molecular weight excluding hydrogens is 288 g/mol. The Labute approximate surface area is 126 Å². The molecule has 110 valence electrons. The number of aryl methyl sites for hydroxylation is 1. The predicted molar refractivity (Wildman–Crippen MR) is 81.3 cm³/mol. The van der Waals surface area contributed by atoms with Gasteiger partial charge in [-0.2, -0.15) is 0 Å². The van der Waals surface area contributed by atoms with Gasteiger partial charge in [-0.25, -0.2) is 4.98 Å². The summed E-state index contributed by atoms with van der Waals surface area (Å²) in [6, 6.07) is 8.06. The van der Waals surface area contributed by atoms with E-state index in [1.54, 1.807) is 0 Å². The number of nitrogens with zero attached hydrogens (tertiary/aromatic N) is 1. The third kappa shape index (κ3) is 4.68. The Morgan fingerprint density at radius 3 is 2.67 bits per heavy atom. The number of aliphatic carboxylic acids is 1. The van der Waals surface area contributed by atoms with Gasteiger partial charge in [-0.1, -0.05) is 29.8 Å². The van der Waals surface area contributed by atoms with Crippen molar-refractivity contribution in [2.24, 2.45) is 0 Å². The van der Waals surface area contributed by atoms with Crippen LogP contribution in [0.1, 0.15) is 17.7 Å². The van der Waals surface area contributed by atoms with E-state index >= 15 is 0 Å². The Bertz CT molecular complexity index is 635. The third-order valence-corrected chi connectivity index (χ3v) is 3.79. The number of nitrogens with one attached hydrogen (secondary N) is 1. The molecular formula is C15H16N2O3S. The van der Waals surface area contributed by atoms with Crippen LogP contribution in [-0.4, -0.2) is 28.5 Å². The van der Waals surface area contributed by atoms with Crippen molar-refractivity contribution in [1.29, 1.82) is 0 Å². The third-order valence-electron chi connectivity index (χ3n) is 2.85. The van der Waals surface area contributed by atoms with E-state index in [0.717, 1.165) is 10.6 Å². The van der Waals surface area contributed by atoms with Crippen molar-refractivity contribution >= 4 is 23.2 Å². The summed E-state index contributed by atoms with van der Waals surface area (Å²) in [5, 5.41) is 13.8. The lowest BCUT2D eigenvalue weighted by molar-refractivity contribution is -0.136. The van der Waals surface area contributed by atoms with Gasteiger partial charge < -0.3 is 10.4 Å². The highest BCUT2D eigenvalue weighted by atomic mass is 32.1. The van der Waals surface area contributed by atoms with E-state index in [9.17, 15) is 9.59 Å². The van der Waals surface area contributed by atoms with Crippen molar-refractivity contribution in [1.82, 2.24) is 10.3 Å². The number of aromatic nitrogens is 1. The van der Waals surface area contributed by atoms with E-state index < -0.39 is 5.97 Å². The highest BCUT2D eigenvalue weighted by molar-refractivity contribution is 7.13. The molecule has 0 aliphatic carbocycles. The number of carboxylic acid groups (broad SMARTS) is 1. The zero-order valence-electron chi connectivity index (χ0n) is 11.6. The second-order valence-electron chi connectivity index (χ2n) is 4.68. The molecule has 5 nitrogen and oxygen atoms in total. The first-order valence-electron chi connectivity index (χ1n) is 6.54. The minimum absolute atomic E-state index is 0.0720. The predicted octanol–water partition coefficient (Wildman–Crippen LogP) is 2.25. The van der Waals surface area contributed by atoms with E-state index in [-0.39, 0.29) is 25.3 Å². The average molecular weight is 304 g/mol. The number of hydrogen-bond donors (Lipinski definition) is 2. The van der Waals surface area contributed by atoms with Gasteiger partial charge in [0.25, 0.3) is 0 Å². The van der Waals surface area contributed by atoms with Crippen molar-refractivity contribution in [3.8, 4) is 10.6 Å². The van der Waals surface area contributed by atoms with Crippen molar-refractivity contribution in [2.45, 2.75) is 19.8 Å². The minimum Gasteiger partial charge on any atom is -0.481 e. The first kappa shape index (κ1) is 15.2. The van der Waals surface area contributed by atoms with Gasteiger partial charge in [-0.3, -0.25) is 9.59 Å². The maximum atomic E-state index is 11.6. The summed E-state index contributed by atoms with van der Waals surface area (Å²) in [5.74, 6) is -1.14. The number of rotatable bonds is 6. The van der Waals surface area contributed by atoms with Gasteiger partial charge in [0, 0.05) is 17.5 Å². The van der Waals surface area contributed by atoms with Gasteiger partial charge in [0.05, 0.1) is 18.5 Å². The maximum Gasteiger partial charge on any atom is 0.305 e. The normalized spacial score (nSPS) is 10.3. The van der Waals surface area contributed by atoms with Gasteiger partial charge in [-0.05, 0) is 6.92 Å². The van der Waals surface area contributed by atoms with Crippen LogP contribution in [0.15, 0.2) is 29.6 Å². The molecule has 1 amide bonds. The van der Waals surface area contributed by atoms with E-state index in [2.05, 4.69) is 10.3 Å². The van der Waals surface area contributed by atoms with Crippen molar-refractivity contribution in [2.75, 3.05) is 6.54 Å². The highest BCUT2D eigenvalue weighted by Crippen LogP contribution is 2.24. The van der Waals surface area contributed by atoms with Gasteiger partial charge >= 0.3 is 5.97 Å². The molecule has 21 heavy (non-hydrogen) atoms. The molecule has 0 spiro atoms. The Hall–Kier alpha value is -2.21. The lowest BCUT2D eigenvalue weighted by Crippen LogP contribution is -2.27.